The van der Waals surface area contributed by atoms with E-state index in [2.05, 4.69) is 56.6 Å². The molecule has 94 valence electrons. The molecule has 3 rings (SSSR count). The summed E-state index contributed by atoms with van der Waals surface area (Å²) in [7, 11) is 0. The molecular weight excluding hydrogens is 290 g/mol. The number of H-pyrrole nitrogens is 1. The number of hydrogen-bond donors (Lipinski definition) is 2. The number of fused-ring (bicyclic) bond motifs is 1. The Balaban J connectivity index is 1.79. The SMILES string of the molecule is CC(NC1CCc2c(Br)cccc21)c1cn[nH]c1. The van der Waals surface area contributed by atoms with Crippen molar-refractivity contribution < 1.29 is 0 Å². The van der Waals surface area contributed by atoms with Crippen molar-refractivity contribution in [2.45, 2.75) is 31.8 Å². The Morgan fingerprint density at radius 1 is 1.50 bits per heavy atom. The van der Waals surface area contributed by atoms with Crippen LogP contribution in [0.3, 0.4) is 0 Å². The Hall–Kier alpha value is -1.13. The third kappa shape index (κ3) is 2.10. The molecule has 1 aromatic heterocycles. The number of nitrogens with one attached hydrogen (secondary N) is 2. The number of benzene rings is 1. The molecule has 1 aromatic carbocycles. The van der Waals surface area contributed by atoms with Crippen molar-refractivity contribution in [1.29, 1.82) is 0 Å². The van der Waals surface area contributed by atoms with Crippen LogP contribution in [-0.4, -0.2) is 10.2 Å². The summed E-state index contributed by atoms with van der Waals surface area (Å²) in [5.74, 6) is 0. The molecule has 18 heavy (non-hydrogen) atoms. The van der Waals surface area contributed by atoms with Gasteiger partial charge in [0.2, 0.25) is 0 Å². The smallest absolute Gasteiger partial charge is 0.0534 e. The Kier molecular flexibility index (Phi) is 3.22. The van der Waals surface area contributed by atoms with Gasteiger partial charge in [0.05, 0.1) is 6.20 Å². The Morgan fingerprint density at radius 2 is 2.39 bits per heavy atom. The normalized spacial score (nSPS) is 19.8. The highest BCUT2D eigenvalue weighted by Gasteiger charge is 2.25. The lowest BCUT2D eigenvalue weighted by Crippen LogP contribution is -2.22. The Labute approximate surface area is 115 Å². The second kappa shape index (κ2) is 4.86. The molecule has 1 aliphatic carbocycles. The van der Waals surface area contributed by atoms with Crippen LogP contribution in [0.4, 0.5) is 0 Å². The van der Waals surface area contributed by atoms with E-state index in [-0.39, 0.29) is 0 Å². The van der Waals surface area contributed by atoms with Crippen LogP contribution >= 0.6 is 15.9 Å². The standard InChI is InChI=1S/C14H16BrN3/c1-9(10-7-16-17-8-10)18-14-6-5-11-12(14)3-2-4-13(11)15/h2-4,7-9,14,18H,5-6H2,1H3,(H,16,17). The van der Waals surface area contributed by atoms with Crippen LogP contribution in [0, 0.1) is 0 Å². The third-order valence-electron chi connectivity index (χ3n) is 3.68. The molecule has 4 heteroatoms. The lowest BCUT2D eigenvalue weighted by Gasteiger charge is -2.19. The maximum absolute atomic E-state index is 4.00. The largest absolute Gasteiger partial charge is 0.303 e. The van der Waals surface area contributed by atoms with Crippen LogP contribution in [0.5, 0.6) is 0 Å². The molecule has 2 N–H and O–H groups in total. The molecule has 0 saturated carbocycles. The molecule has 2 atom stereocenters. The van der Waals surface area contributed by atoms with Crippen LogP contribution in [-0.2, 0) is 6.42 Å². The number of hydrogen-bond acceptors (Lipinski definition) is 2. The second-order valence-electron chi connectivity index (χ2n) is 4.82. The minimum absolute atomic E-state index is 0.318. The van der Waals surface area contributed by atoms with Crippen molar-refractivity contribution >= 4 is 15.9 Å². The van der Waals surface area contributed by atoms with Crippen LogP contribution < -0.4 is 5.32 Å². The molecule has 1 aliphatic rings. The first-order valence-corrected chi connectivity index (χ1v) is 7.07. The fourth-order valence-corrected chi connectivity index (χ4v) is 3.26. The zero-order valence-corrected chi connectivity index (χ0v) is 11.9. The molecule has 0 fully saturated rings. The quantitative estimate of drug-likeness (QED) is 0.911. The molecule has 0 aliphatic heterocycles. The molecule has 0 spiro atoms. The van der Waals surface area contributed by atoms with Crippen LogP contribution in [0.25, 0.3) is 0 Å². The van der Waals surface area contributed by atoms with Gasteiger partial charge in [-0.3, -0.25) is 5.10 Å². The van der Waals surface area contributed by atoms with Gasteiger partial charge in [-0.25, -0.2) is 0 Å². The fraction of sp³-hybridized carbons (Fsp3) is 0.357. The summed E-state index contributed by atoms with van der Waals surface area (Å²) in [6.45, 7) is 2.18. The topological polar surface area (TPSA) is 40.7 Å². The molecule has 2 unspecified atom stereocenters. The summed E-state index contributed by atoms with van der Waals surface area (Å²) in [4.78, 5) is 0. The van der Waals surface area contributed by atoms with Crippen molar-refractivity contribution in [3.8, 4) is 0 Å². The van der Waals surface area contributed by atoms with E-state index in [0.717, 1.165) is 6.42 Å². The summed E-state index contributed by atoms with van der Waals surface area (Å²) in [5.41, 5.74) is 4.09. The van der Waals surface area contributed by atoms with Crippen LogP contribution in [0.15, 0.2) is 35.1 Å². The van der Waals surface area contributed by atoms with Crippen LogP contribution in [0.2, 0.25) is 0 Å². The molecule has 3 nitrogen and oxygen atoms in total. The van der Waals surface area contributed by atoms with Crippen molar-refractivity contribution in [2.75, 3.05) is 0 Å². The fourth-order valence-electron chi connectivity index (χ4n) is 2.68. The number of nitrogens with zero attached hydrogens (tertiary/aromatic N) is 1. The predicted octanol–water partition coefficient (Wildman–Crippen LogP) is 3.51. The zero-order chi connectivity index (χ0) is 12.5. The number of rotatable bonds is 3. The Morgan fingerprint density at radius 3 is 3.17 bits per heavy atom. The van der Waals surface area contributed by atoms with E-state index in [1.54, 1.807) is 0 Å². The summed E-state index contributed by atoms with van der Waals surface area (Å²) in [6.07, 6.45) is 6.15. The first kappa shape index (κ1) is 11.9. The van der Waals surface area contributed by atoms with Gasteiger partial charge in [0.1, 0.15) is 0 Å². The lowest BCUT2D eigenvalue weighted by atomic mass is 10.1. The van der Waals surface area contributed by atoms with Gasteiger partial charge >= 0.3 is 0 Å². The third-order valence-corrected chi connectivity index (χ3v) is 4.43. The van der Waals surface area contributed by atoms with Gasteiger partial charge in [-0.15, -0.1) is 0 Å². The van der Waals surface area contributed by atoms with E-state index in [4.69, 9.17) is 0 Å². The molecule has 2 aromatic rings. The summed E-state index contributed by atoms with van der Waals surface area (Å²) in [6, 6.07) is 7.24. The average molecular weight is 306 g/mol. The first-order valence-electron chi connectivity index (χ1n) is 6.27. The van der Waals surface area contributed by atoms with Gasteiger partial charge < -0.3 is 5.32 Å². The van der Waals surface area contributed by atoms with Crippen molar-refractivity contribution in [1.82, 2.24) is 15.5 Å². The van der Waals surface area contributed by atoms with Crippen LogP contribution in [0.1, 0.15) is 42.1 Å². The van der Waals surface area contributed by atoms with Gasteiger partial charge in [-0.1, -0.05) is 28.1 Å². The van der Waals surface area contributed by atoms with E-state index < -0.39 is 0 Å². The summed E-state index contributed by atoms with van der Waals surface area (Å²) in [5, 5.41) is 10.6. The maximum Gasteiger partial charge on any atom is 0.0534 e. The second-order valence-corrected chi connectivity index (χ2v) is 5.67. The first-order chi connectivity index (χ1) is 8.75. The van der Waals surface area contributed by atoms with Gasteiger partial charge in [0.15, 0.2) is 0 Å². The van der Waals surface area contributed by atoms with E-state index in [1.807, 2.05) is 12.4 Å². The summed E-state index contributed by atoms with van der Waals surface area (Å²) >= 11 is 3.64. The van der Waals surface area contributed by atoms with Gasteiger partial charge in [-0.05, 0) is 37.0 Å². The average Bonchev–Trinajstić information content (AvgIpc) is 2.99. The van der Waals surface area contributed by atoms with Crippen molar-refractivity contribution in [2.24, 2.45) is 0 Å². The lowest BCUT2D eigenvalue weighted by molar-refractivity contribution is 0.465. The highest BCUT2D eigenvalue weighted by Crippen LogP contribution is 2.36. The van der Waals surface area contributed by atoms with E-state index in [0.29, 0.717) is 12.1 Å². The maximum atomic E-state index is 4.00. The molecule has 0 radical (unpaired) electrons. The van der Waals surface area contributed by atoms with Gasteiger partial charge in [0.25, 0.3) is 0 Å². The summed E-state index contributed by atoms with van der Waals surface area (Å²) < 4.78 is 1.24. The molecule has 0 bridgehead atoms. The molecule has 1 heterocycles. The number of aromatic amines is 1. The number of halogens is 1. The molecule has 0 saturated heterocycles. The minimum Gasteiger partial charge on any atom is -0.303 e. The van der Waals surface area contributed by atoms with Crippen molar-refractivity contribution in [3.63, 3.8) is 0 Å². The molecular formula is C14H16BrN3. The van der Waals surface area contributed by atoms with Crippen molar-refractivity contribution in [3.05, 3.63) is 51.8 Å². The number of aromatic nitrogens is 2. The van der Waals surface area contributed by atoms with Gasteiger partial charge in [-0.2, -0.15) is 5.10 Å². The minimum atomic E-state index is 0.318. The predicted molar refractivity (Wildman–Crippen MR) is 75.3 cm³/mol. The molecule has 0 amide bonds. The van der Waals surface area contributed by atoms with Gasteiger partial charge in [0, 0.05) is 28.3 Å². The highest BCUT2D eigenvalue weighted by molar-refractivity contribution is 9.10. The highest BCUT2D eigenvalue weighted by atomic mass is 79.9. The monoisotopic (exact) mass is 305 g/mol. The zero-order valence-electron chi connectivity index (χ0n) is 10.3. The Bertz CT molecular complexity index is 536. The van der Waals surface area contributed by atoms with E-state index >= 15 is 0 Å². The van der Waals surface area contributed by atoms with E-state index in [1.165, 1.54) is 27.6 Å². The van der Waals surface area contributed by atoms with E-state index in [9.17, 15) is 0 Å².